The van der Waals surface area contributed by atoms with Gasteiger partial charge in [0.1, 0.15) is 0 Å². The molecular weight excluding hydrogens is 384 g/mol. The molecule has 2 aromatic rings. The van der Waals surface area contributed by atoms with Crippen molar-refractivity contribution in [3.63, 3.8) is 0 Å². The molecule has 4 bridgehead atoms. The van der Waals surface area contributed by atoms with E-state index in [0.29, 0.717) is 30.1 Å². The fourth-order valence-corrected chi connectivity index (χ4v) is 7.63. The van der Waals surface area contributed by atoms with Gasteiger partial charge in [0.15, 0.2) is 0 Å². The molecule has 4 nitrogen and oxygen atoms in total. The van der Waals surface area contributed by atoms with Crippen LogP contribution in [0.5, 0.6) is 0 Å². The van der Waals surface area contributed by atoms with E-state index < -0.39 is 5.97 Å². The van der Waals surface area contributed by atoms with Crippen molar-refractivity contribution in [1.29, 1.82) is 0 Å². The number of hydrogen-bond donors (Lipinski definition) is 2. The number of carbonyl (C=O) groups is 1. The molecule has 0 amide bonds. The van der Waals surface area contributed by atoms with Gasteiger partial charge in [-0.05, 0) is 88.0 Å². The lowest BCUT2D eigenvalue weighted by Gasteiger charge is -2.59. The third kappa shape index (κ3) is 3.63. The third-order valence-corrected chi connectivity index (χ3v) is 8.90. The standard InChI is InChI=1S/C27H36N2O2/c1-17-24(25(26(30)31)18(2)29(17)16-20-7-5-4-6-8-20)15-28-19(3)27-12-21-9-22(13-27)11-23(10-21)14-27/h4-8,19,21-23,28H,9-16H2,1-3H3,(H,30,31). The van der Waals surface area contributed by atoms with Crippen LogP contribution in [0.15, 0.2) is 30.3 Å². The molecule has 1 atom stereocenters. The van der Waals surface area contributed by atoms with Crippen LogP contribution in [0.4, 0.5) is 0 Å². The first kappa shape index (κ1) is 20.8. The Kier molecular flexibility index (Phi) is 5.24. The Morgan fingerprint density at radius 1 is 1.06 bits per heavy atom. The first-order chi connectivity index (χ1) is 14.9. The lowest BCUT2D eigenvalue weighted by molar-refractivity contribution is -0.0706. The smallest absolute Gasteiger partial charge is 0.337 e. The van der Waals surface area contributed by atoms with E-state index in [2.05, 4.69) is 35.9 Å². The summed E-state index contributed by atoms with van der Waals surface area (Å²) >= 11 is 0. The quantitative estimate of drug-likeness (QED) is 0.618. The fraction of sp³-hybridized carbons (Fsp3) is 0.593. The highest BCUT2D eigenvalue weighted by molar-refractivity contribution is 5.91. The third-order valence-electron chi connectivity index (χ3n) is 8.90. The van der Waals surface area contributed by atoms with E-state index in [0.717, 1.165) is 34.7 Å². The lowest BCUT2D eigenvalue weighted by Crippen LogP contribution is -2.54. The van der Waals surface area contributed by atoms with Crippen LogP contribution >= 0.6 is 0 Å². The van der Waals surface area contributed by atoms with Gasteiger partial charge >= 0.3 is 5.97 Å². The molecule has 1 unspecified atom stereocenters. The Morgan fingerprint density at radius 3 is 2.19 bits per heavy atom. The van der Waals surface area contributed by atoms with Crippen LogP contribution in [-0.4, -0.2) is 21.7 Å². The number of hydrogen-bond acceptors (Lipinski definition) is 2. The number of nitrogens with zero attached hydrogens (tertiary/aromatic N) is 1. The maximum absolute atomic E-state index is 12.2. The monoisotopic (exact) mass is 420 g/mol. The van der Waals surface area contributed by atoms with E-state index in [1.165, 1.54) is 44.1 Å². The molecule has 4 aliphatic rings. The molecule has 1 aromatic heterocycles. The number of rotatable bonds is 7. The van der Waals surface area contributed by atoms with Crippen LogP contribution < -0.4 is 5.32 Å². The highest BCUT2D eigenvalue weighted by Crippen LogP contribution is 2.61. The molecular formula is C27H36N2O2. The maximum Gasteiger partial charge on any atom is 0.337 e. The summed E-state index contributed by atoms with van der Waals surface area (Å²) in [7, 11) is 0. The van der Waals surface area contributed by atoms with Gasteiger partial charge in [-0.2, -0.15) is 0 Å². The number of nitrogens with one attached hydrogen (secondary N) is 1. The minimum absolute atomic E-state index is 0.424. The van der Waals surface area contributed by atoms with Gasteiger partial charge in [-0.25, -0.2) is 4.79 Å². The Labute approximate surface area is 186 Å². The topological polar surface area (TPSA) is 54.3 Å². The van der Waals surface area contributed by atoms with Crippen LogP contribution in [-0.2, 0) is 13.1 Å². The normalized spacial score (nSPS) is 30.0. The number of carboxylic acids is 1. The zero-order chi connectivity index (χ0) is 21.8. The lowest BCUT2D eigenvalue weighted by atomic mass is 9.48. The number of benzene rings is 1. The molecule has 2 N–H and O–H groups in total. The summed E-state index contributed by atoms with van der Waals surface area (Å²) in [5.41, 5.74) is 4.99. The van der Waals surface area contributed by atoms with Crippen LogP contribution in [0.3, 0.4) is 0 Å². The molecule has 4 saturated carbocycles. The molecule has 0 saturated heterocycles. The van der Waals surface area contributed by atoms with E-state index in [4.69, 9.17) is 0 Å². The largest absolute Gasteiger partial charge is 0.478 e. The minimum Gasteiger partial charge on any atom is -0.478 e. The van der Waals surface area contributed by atoms with Gasteiger partial charge in [0.2, 0.25) is 0 Å². The highest BCUT2D eigenvalue weighted by atomic mass is 16.4. The zero-order valence-electron chi connectivity index (χ0n) is 19.2. The molecule has 0 aliphatic heterocycles. The number of aromatic carboxylic acids is 1. The molecule has 1 heterocycles. The molecule has 0 radical (unpaired) electrons. The average Bonchev–Trinajstić information content (AvgIpc) is 2.96. The fourth-order valence-electron chi connectivity index (χ4n) is 7.63. The predicted molar refractivity (Wildman–Crippen MR) is 123 cm³/mol. The van der Waals surface area contributed by atoms with E-state index in [9.17, 15) is 9.90 Å². The second kappa shape index (κ2) is 7.81. The zero-order valence-corrected chi connectivity index (χ0v) is 19.2. The Hall–Kier alpha value is -2.07. The predicted octanol–water partition coefficient (Wildman–Crippen LogP) is 5.55. The van der Waals surface area contributed by atoms with Gasteiger partial charge in [-0.1, -0.05) is 30.3 Å². The summed E-state index contributed by atoms with van der Waals surface area (Å²) in [5.74, 6) is 1.98. The summed E-state index contributed by atoms with van der Waals surface area (Å²) < 4.78 is 2.17. The van der Waals surface area contributed by atoms with Gasteiger partial charge in [0.25, 0.3) is 0 Å². The molecule has 4 aliphatic carbocycles. The van der Waals surface area contributed by atoms with Gasteiger partial charge in [-0.3, -0.25) is 0 Å². The van der Waals surface area contributed by atoms with Gasteiger partial charge in [0.05, 0.1) is 5.56 Å². The maximum atomic E-state index is 12.2. The van der Waals surface area contributed by atoms with Gasteiger partial charge < -0.3 is 15.0 Å². The molecule has 166 valence electrons. The molecule has 1 aromatic carbocycles. The first-order valence-electron chi connectivity index (χ1n) is 12.1. The van der Waals surface area contributed by atoms with Crippen LogP contribution in [0.2, 0.25) is 0 Å². The van der Waals surface area contributed by atoms with E-state index >= 15 is 0 Å². The molecule has 6 rings (SSSR count). The van der Waals surface area contributed by atoms with Crippen molar-refractivity contribution in [1.82, 2.24) is 9.88 Å². The first-order valence-corrected chi connectivity index (χ1v) is 12.1. The van der Waals surface area contributed by atoms with Gasteiger partial charge in [-0.15, -0.1) is 0 Å². The second-order valence-corrected chi connectivity index (χ2v) is 10.8. The van der Waals surface area contributed by atoms with Crippen molar-refractivity contribution < 1.29 is 9.90 Å². The summed E-state index contributed by atoms with van der Waals surface area (Å²) in [6, 6.07) is 10.7. The van der Waals surface area contributed by atoms with Crippen molar-refractivity contribution in [2.75, 3.05) is 0 Å². The Morgan fingerprint density at radius 2 is 1.65 bits per heavy atom. The van der Waals surface area contributed by atoms with E-state index in [1.54, 1.807) is 0 Å². The van der Waals surface area contributed by atoms with Crippen molar-refractivity contribution in [3.05, 3.63) is 58.4 Å². The Balaban J connectivity index is 1.37. The summed E-state index contributed by atoms with van der Waals surface area (Å²) in [4.78, 5) is 12.2. The van der Waals surface area contributed by atoms with E-state index in [-0.39, 0.29) is 0 Å². The van der Waals surface area contributed by atoms with Crippen molar-refractivity contribution >= 4 is 5.97 Å². The van der Waals surface area contributed by atoms with Crippen LogP contribution in [0, 0.1) is 37.0 Å². The summed E-state index contributed by atoms with van der Waals surface area (Å²) in [6.07, 6.45) is 8.46. The Bertz CT molecular complexity index is 940. The van der Waals surface area contributed by atoms with Crippen molar-refractivity contribution in [3.8, 4) is 0 Å². The molecule has 0 spiro atoms. The average molecular weight is 421 g/mol. The minimum atomic E-state index is -0.813. The highest BCUT2D eigenvalue weighted by Gasteiger charge is 2.53. The molecule has 4 heteroatoms. The van der Waals surface area contributed by atoms with Crippen LogP contribution in [0.25, 0.3) is 0 Å². The van der Waals surface area contributed by atoms with Crippen molar-refractivity contribution in [2.24, 2.45) is 23.2 Å². The van der Waals surface area contributed by atoms with Crippen LogP contribution in [0.1, 0.15) is 78.3 Å². The molecule has 4 fully saturated rings. The number of aromatic nitrogens is 1. The van der Waals surface area contributed by atoms with Crippen molar-refractivity contribution in [2.45, 2.75) is 78.4 Å². The van der Waals surface area contributed by atoms with Gasteiger partial charge in [0, 0.05) is 36.1 Å². The number of carboxylic acid groups (broad SMARTS) is 1. The summed E-state index contributed by atoms with van der Waals surface area (Å²) in [5, 5.41) is 13.8. The van der Waals surface area contributed by atoms with E-state index in [1.807, 2.05) is 25.1 Å². The summed E-state index contributed by atoms with van der Waals surface area (Å²) in [6.45, 7) is 7.74. The SMILES string of the molecule is Cc1c(CNC(C)C23CC4CC(CC(C4)C2)C3)c(C(=O)O)c(C)n1Cc1ccccc1. The molecule has 31 heavy (non-hydrogen) atoms. The second-order valence-electron chi connectivity index (χ2n) is 10.8.